The van der Waals surface area contributed by atoms with Crippen LogP contribution in [0.2, 0.25) is 0 Å². The van der Waals surface area contributed by atoms with Crippen LogP contribution in [-0.4, -0.2) is 51.4 Å². The van der Waals surface area contributed by atoms with Crippen LogP contribution in [0, 0.1) is 17.7 Å². The molecule has 1 unspecified atom stereocenters. The van der Waals surface area contributed by atoms with Crippen LogP contribution >= 0.6 is 0 Å². The quantitative estimate of drug-likeness (QED) is 0.361. The number of aromatic nitrogens is 2. The van der Waals surface area contributed by atoms with Crippen molar-refractivity contribution in [2.45, 2.75) is 45.5 Å². The number of rotatable bonds is 7. The van der Waals surface area contributed by atoms with E-state index in [-0.39, 0.29) is 17.4 Å². The average molecular weight is 537 g/mol. The number of carbonyl (C=O) groups is 2. The highest BCUT2D eigenvalue weighted by Crippen LogP contribution is 2.40. The summed E-state index contributed by atoms with van der Waals surface area (Å²) in [4.78, 5) is 29.2. The Balaban J connectivity index is 1.75. The van der Waals surface area contributed by atoms with Crippen LogP contribution in [0.5, 0.6) is 5.75 Å². The zero-order valence-corrected chi connectivity index (χ0v) is 21.1. The van der Waals surface area contributed by atoms with Crippen molar-refractivity contribution in [3.05, 3.63) is 47.8 Å². The first-order chi connectivity index (χ1) is 17.8. The number of amides is 1. The fraction of sp³-hybridized carbons (Fsp3) is 0.423. The first kappa shape index (κ1) is 27.2. The van der Waals surface area contributed by atoms with E-state index in [1.165, 1.54) is 43.4 Å². The number of hydrogen-bond donors (Lipinski definition) is 2. The van der Waals surface area contributed by atoms with Crippen molar-refractivity contribution in [3.8, 4) is 5.75 Å². The molecule has 2 N–H and O–H groups in total. The van der Waals surface area contributed by atoms with Crippen molar-refractivity contribution in [1.29, 1.82) is 0 Å². The molecule has 12 heteroatoms. The monoisotopic (exact) mass is 536 g/mol. The highest BCUT2D eigenvalue weighted by atomic mass is 19.4. The number of benzene rings is 2. The number of alkyl halides is 3. The lowest BCUT2D eigenvalue weighted by molar-refractivity contribution is -0.274. The van der Waals surface area contributed by atoms with Crippen LogP contribution in [0.3, 0.4) is 0 Å². The Morgan fingerprint density at radius 2 is 1.76 bits per heavy atom. The number of carboxylic acids is 1. The maximum Gasteiger partial charge on any atom is 0.573 e. The SMILES string of the molecule is CC1C[C@@H](C)C[C@@H](n2c(Nc3ccc(OC(F)(F)F)cc3)nc3cc(C(=O)N(C)CC(=O)O)c(F)cc32)C1. The first-order valence-electron chi connectivity index (χ1n) is 12.1. The molecule has 1 aromatic heterocycles. The third kappa shape index (κ3) is 6.17. The number of halogens is 4. The van der Waals surface area contributed by atoms with Crippen molar-refractivity contribution >= 4 is 34.5 Å². The molecule has 0 aliphatic heterocycles. The molecule has 1 heterocycles. The fourth-order valence-electron chi connectivity index (χ4n) is 5.20. The number of aliphatic carboxylic acids is 1. The molecule has 0 bridgehead atoms. The zero-order chi connectivity index (χ0) is 27.8. The number of anilines is 2. The highest BCUT2D eigenvalue weighted by molar-refractivity contribution is 5.99. The summed E-state index contributed by atoms with van der Waals surface area (Å²) in [6, 6.07) is 7.64. The van der Waals surface area contributed by atoms with E-state index in [0.717, 1.165) is 24.2 Å². The summed E-state index contributed by atoms with van der Waals surface area (Å²) in [6.45, 7) is 3.69. The predicted molar refractivity (Wildman–Crippen MR) is 132 cm³/mol. The Morgan fingerprint density at radius 3 is 2.34 bits per heavy atom. The molecule has 3 aromatic rings. The van der Waals surface area contributed by atoms with Gasteiger partial charge in [0, 0.05) is 24.8 Å². The van der Waals surface area contributed by atoms with Gasteiger partial charge in [0.15, 0.2) is 0 Å². The minimum atomic E-state index is -4.81. The minimum Gasteiger partial charge on any atom is -0.480 e. The molecule has 4 rings (SSSR count). The van der Waals surface area contributed by atoms with E-state index in [9.17, 15) is 22.8 Å². The van der Waals surface area contributed by atoms with Crippen LogP contribution in [0.1, 0.15) is 49.5 Å². The molecule has 3 atom stereocenters. The van der Waals surface area contributed by atoms with Crippen LogP contribution in [0.15, 0.2) is 36.4 Å². The van der Waals surface area contributed by atoms with Gasteiger partial charge in [-0.25, -0.2) is 9.37 Å². The van der Waals surface area contributed by atoms with E-state index < -0.39 is 30.6 Å². The number of fused-ring (bicyclic) bond motifs is 1. The summed E-state index contributed by atoms with van der Waals surface area (Å²) in [5.74, 6) is -2.05. The standard InChI is InChI=1S/C26H28F4N4O4/c1-14-8-15(2)10-17(9-14)34-22-12-20(27)19(24(37)33(3)13-23(35)36)11-21(22)32-25(34)31-16-4-6-18(7-5-16)38-26(28,29)30/h4-7,11-12,14-15,17H,8-10,13H2,1-3H3,(H,31,32)(H,35,36)/t14-,15?,17-/m1/s1. The van der Waals surface area contributed by atoms with Gasteiger partial charge in [0.25, 0.3) is 5.91 Å². The molecular formula is C26H28F4N4O4. The van der Waals surface area contributed by atoms with Gasteiger partial charge < -0.3 is 24.6 Å². The molecular weight excluding hydrogens is 508 g/mol. The molecule has 0 radical (unpaired) electrons. The number of likely N-dealkylation sites (N-methyl/N-ethyl adjacent to an activating group) is 1. The molecule has 2 aromatic carbocycles. The molecule has 0 spiro atoms. The van der Waals surface area contributed by atoms with Crippen molar-refractivity contribution in [2.75, 3.05) is 18.9 Å². The number of nitrogens with one attached hydrogen (secondary N) is 1. The van der Waals surface area contributed by atoms with Crippen LogP contribution in [0.4, 0.5) is 29.2 Å². The summed E-state index contributed by atoms with van der Waals surface area (Å²) >= 11 is 0. The second-order valence-corrected chi connectivity index (χ2v) is 9.95. The van der Waals surface area contributed by atoms with Crippen molar-refractivity contribution in [1.82, 2.24) is 14.5 Å². The van der Waals surface area contributed by atoms with Gasteiger partial charge in [-0.1, -0.05) is 13.8 Å². The zero-order valence-electron chi connectivity index (χ0n) is 21.1. The molecule has 204 valence electrons. The first-order valence-corrected chi connectivity index (χ1v) is 12.1. The summed E-state index contributed by atoms with van der Waals surface area (Å²) in [7, 11) is 1.27. The van der Waals surface area contributed by atoms with Gasteiger partial charge in [-0.15, -0.1) is 13.2 Å². The number of nitrogens with zero attached hydrogens (tertiary/aromatic N) is 3. The number of carboxylic acid groups (broad SMARTS) is 1. The molecule has 1 fully saturated rings. The van der Waals surface area contributed by atoms with E-state index in [1.54, 1.807) is 0 Å². The Bertz CT molecular complexity index is 1330. The lowest BCUT2D eigenvalue weighted by atomic mass is 9.80. The average Bonchev–Trinajstić information content (AvgIpc) is 3.13. The van der Waals surface area contributed by atoms with Gasteiger partial charge in [0.2, 0.25) is 5.95 Å². The van der Waals surface area contributed by atoms with E-state index in [1.807, 2.05) is 4.57 Å². The number of hydrogen-bond acceptors (Lipinski definition) is 5. The largest absolute Gasteiger partial charge is 0.573 e. The molecule has 0 saturated heterocycles. The minimum absolute atomic E-state index is 0.0373. The van der Waals surface area contributed by atoms with Crippen molar-refractivity contribution < 1.29 is 37.0 Å². The van der Waals surface area contributed by atoms with Gasteiger partial charge in [-0.05, 0) is 61.4 Å². The summed E-state index contributed by atoms with van der Waals surface area (Å²) in [5, 5.41) is 12.1. The van der Waals surface area contributed by atoms with Gasteiger partial charge in [-0.2, -0.15) is 0 Å². The summed E-state index contributed by atoms with van der Waals surface area (Å²) in [6.07, 6.45) is -2.14. The van der Waals surface area contributed by atoms with E-state index >= 15 is 4.39 Å². The van der Waals surface area contributed by atoms with E-state index in [0.29, 0.717) is 34.5 Å². The third-order valence-electron chi connectivity index (χ3n) is 6.59. The highest BCUT2D eigenvalue weighted by Gasteiger charge is 2.32. The number of imidazole rings is 1. The molecule has 1 aliphatic carbocycles. The Labute approximate surface area is 216 Å². The number of ether oxygens (including phenoxy) is 1. The molecule has 38 heavy (non-hydrogen) atoms. The maximum absolute atomic E-state index is 15.2. The Kier molecular flexibility index (Phi) is 7.52. The van der Waals surface area contributed by atoms with Gasteiger partial charge in [0.05, 0.1) is 16.6 Å². The second-order valence-electron chi connectivity index (χ2n) is 9.95. The molecule has 1 aliphatic rings. The van der Waals surface area contributed by atoms with Crippen LogP contribution in [0.25, 0.3) is 11.0 Å². The van der Waals surface area contributed by atoms with Crippen molar-refractivity contribution in [2.24, 2.45) is 11.8 Å². The van der Waals surface area contributed by atoms with E-state index in [4.69, 9.17) is 5.11 Å². The molecule has 8 nitrogen and oxygen atoms in total. The van der Waals surface area contributed by atoms with Gasteiger partial charge >= 0.3 is 12.3 Å². The lowest BCUT2D eigenvalue weighted by Gasteiger charge is -2.33. The van der Waals surface area contributed by atoms with Gasteiger partial charge in [-0.3, -0.25) is 9.59 Å². The topological polar surface area (TPSA) is 96.7 Å². The maximum atomic E-state index is 15.2. The smallest absolute Gasteiger partial charge is 0.480 e. The summed E-state index contributed by atoms with van der Waals surface area (Å²) < 4.78 is 58.6. The van der Waals surface area contributed by atoms with Gasteiger partial charge in [0.1, 0.15) is 18.1 Å². The third-order valence-corrected chi connectivity index (χ3v) is 6.59. The van der Waals surface area contributed by atoms with Crippen LogP contribution in [-0.2, 0) is 4.79 Å². The summed E-state index contributed by atoms with van der Waals surface area (Å²) in [5.41, 5.74) is 0.900. The second kappa shape index (κ2) is 10.5. The van der Waals surface area contributed by atoms with Crippen LogP contribution < -0.4 is 10.1 Å². The number of carbonyl (C=O) groups excluding carboxylic acids is 1. The Hall–Kier alpha value is -3.83. The Morgan fingerprint density at radius 1 is 1.13 bits per heavy atom. The van der Waals surface area contributed by atoms with E-state index in [2.05, 4.69) is 28.9 Å². The fourth-order valence-corrected chi connectivity index (χ4v) is 5.20. The molecule has 1 amide bonds. The normalized spacial score (nSPS) is 19.8. The van der Waals surface area contributed by atoms with Crippen molar-refractivity contribution in [3.63, 3.8) is 0 Å². The predicted octanol–water partition coefficient (Wildman–Crippen LogP) is 5.97. The lowest BCUT2D eigenvalue weighted by Crippen LogP contribution is -2.32. The molecule has 1 saturated carbocycles.